The van der Waals surface area contributed by atoms with Crippen LogP contribution in [0.1, 0.15) is 58.3 Å². The fourth-order valence-corrected chi connectivity index (χ4v) is 1.89. The van der Waals surface area contributed by atoms with E-state index in [9.17, 15) is 9.59 Å². The number of hydrogen-bond donors (Lipinski definition) is 0. The van der Waals surface area contributed by atoms with Crippen LogP contribution in [0, 0.1) is 0 Å². The van der Waals surface area contributed by atoms with Crippen LogP contribution in [0.25, 0.3) is 0 Å². The Balaban J connectivity index is 2.16. The predicted octanol–water partition coefficient (Wildman–Crippen LogP) is 3.21. The first-order chi connectivity index (χ1) is 7.25. The van der Waals surface area contributed by atoms with Crippen molar-refractivity contribution in [2.24, 2.45) is 0 Å². The number of allylic oxidation sites excluding steroid dienone is 2. The van der Waals surface area contributed by atoms with Crippen molar-refractivity contribution >= 4 is 11.6 Å². The second-order valence-corrected chi connectivity index (χ2v) is 4.17. The topological polar surface area (TPSA) is 34.1 Å². The second-order valence-electron chi connectivity index (χ2n) is 4.17. The van der Waals surface area contributed by atoms with E-state index in [2.05, 4.69) is 6.92 Å². The lowest BCUT2D eigenvalue weighted by atomic mass is 10.0. The average molecular weight is 208 g/mol. The molecule has 15 heavy (non-hydrogen) atoms. The first-order valence-electron chi connectivity index (χ1n) is 6.02. The lowest BCUT2D eigenvalue weighted by Crippen LogP contribution is -2.08. The molecule has 2 nitrogen and oxygen atoms in total. The molecular weight excluding hydrogens is 188 g/mol. The maximum atomic E-state index is 11.6. The third kappa shape index (κ3) is 3.98. The standard InChI is InChI=1S/C13H20O2/c1-2-3-4-5-6-9-12(14)11-8-7-10-13(11)15/h8H,2-7,9-10H2,1H3. The summed E-state index contributed by atoms with van der Waals surface area (Å²) in [7, 11) is 0. The van der Waals surface area contributed by atoms with Crippen LogP contribution in [-0.2, 0) is 9.59 Å². The molecule has 0 spiro atoms. The van der Waals surface area contributed by atoms with Crippen molar-refractivity contribution in [3.63, 3.8) is 0 Å². The Morgan fingerprint density at radius 1 is 1.27 bits per heavy atom. The molecule has 0 amide bonds. The Kier molecular flexibility index (Phi) is 5.30. The Morgan fingerprint density at radius 3 is 2.60 bits per heavy atom. The van der Waals surface area contributed by atoms with Crippen molar-refractivity contribution in [3.8, 4) is 0 Å². The van der Waals surface area contributed by atoms with Crippen LogP contribution in [0.4, 0.5) is 0 Å². The van der Waals surface area contributed by atoms with Gasteiger partial charge in [-0.25, -0.2) is 0 Å². The Morgan fingerprint density at radius 2 is 2.00 bits per heavy atom. The van der Waals surface area contributed by atoms with Gasteiger partial charge in [0.1, 0.15) is 0 Å². The van der Waals surface area contributed by atoms with E-state index in [-0.39, 0.29) is 11.6 Å². The Bertz CT molecular complexity index is 264. The van der Waals surface area contributed by atoms with Crippen molar-refractivity contribution in [1.82, 2.24) is 0 Å². The molecule has 0 radical (unpaired) electrons. The van der Waals surface area contributed by atoms with E-state index < -0.39 is 0 Å². The number of ketones is 2. The molecule has 1 rings (SSSR count). The highest BCUT2D eigenvalue weighted by Gasteiger charge is 2.20. The van der Waals surface area contributed by atoms with Crippen LogP contribution in [-0.4, -0.2) is 11.6 Å². The van der Waals surface area contributed by atoms with Crippen molar-refractivity contribution in [2.45, 2.75) is 58.3 Å². The molecule has 0 saturated carbocycles. The fraction of sp³-hybridized carbons (Fsp3) is 0.692. The summed E-state index contributed by atoms with van der Waals surface area (Å²) in [6, 6.07) is 0. The molecule has 0 aromatic heterocycles. The van der Waals surface area contributed by atoms with E-state index in [1.807, 2.05) is 0 Å². The molecule has 2 heteroatoms. The van der Waals surface area contributed by atoms with Crippen molar-refractivity contribution in [3.05, 3.63) is 11.6 Å². The molecule has 84 valence electrons. The van der Waals surface area contributed by atoms with Crippen molar-refractivity contribution in [2.75, 3.05) is 0 Å². The lowest BCUT2D eigenvalue weighted by Gasteiger charge is -2.00. The zero-order valence-electron chi connectivity index (χ0n) is 9.55. The number of carbonyl (C=O) groups is 2. The van der Waals surface area contributed by atoms with Gasteiger partial charge in [0, 0.05) is 12.8 Å². The maximum absolute atomic E-state index is 11.6. The zero-order valence-corrected chi connectivity index (χ0v) is 9.55. The summed E-state index contributed by atoms with van der Waals surface area (Å²) in [6.07, 6.45) is 9.37. The van der Waals surface area contributed by atoms with E-state index >= 15 is 0 Å². The fourth-order valence-electron chi connectivity index (χ4n) is 1.89. The smallest absolute Gasteiger partial charge is 0.166 e. The van der Waals surface area contributed by atoms with Gasteiger partial charge in [-0.2, -0.15) is 0 Å². The summed E-state index contributed by atoms with van der Waals surface area (Å²) < 4.78 is 0. The van der Waals surface area contributed by atoms with Gasteiger partial charge in [-0.3, -0.25) is 9.59 Å². The van der Waals surface area contributed by atoms with Gasteiger partial charge in [0.15, 0.2) is 11.6 Å². The SMILES string of the molecule is CCCCCCCC(=O)C1=CCCC1=O. The third-order valence-electron chi connectivity index (χ3n) is 2.83. The quantitative estimate of drug-likeness (QED) is 0.475. The van der Waals surface area contributed by atoms with Crippen LogP contribution < -0.4 is 0 Å². The van der Waals surface area contributed by atoms with Gasteiger partial charge in [0.05, 0.1) is 5.57 Å². The lowest BCUT2D eigenvalue weighted by molar-refractivity contribution is -0.120. The third-order valence-corrected chi connectivity index (χ3v) is 2.83. The first-order valence-corrected chi connectivity index (χ1v) is 6.02. The molecule has 0 unspecified atom stereocenters. The monoisotopic (exact) mass is 208 g/mol. The largest absolute Gasteiger partial charge is 0.294 e. The molecule has 0 aromatic carbocycles. The normalized spacial score (nSPS) is 15.5. The molecule has 0 fully saturated rings. The molecule has 0 atom stereocenters. The molecule has 0 aliphatic heterocycles. The molecule has 0 saturated heterocycles. The Hall–Kier alpha value is -0.920. The predicted molar refractivity (Wildman–Crippen MR) is 60.7 cm³/mol. The van der Waals surface area contributed by atoms with Crippen molar-refractivity contribution in [1.29, 1.82) is 0 Å². The number of carbonyl (C=O) groups excluding carboxylic acids is 2. The maximum Gasteiger partial charge on any atom is 0.166 e. The summed E-state index contributed by atoms with van der Waals surface area (Å²) in [5.41, 5.74) is 0.477. The number of Topliss-reactive ketones (excluding diaryl/α,β-unsaturated/α-hetero) is 2. The number of unbranched alkanes of at least 4 members (excludes halogenated alkanes) is 4. The zero-order chi connectivity index (χ0) is 11.1. The summed E-state index contributed by atoms with van der Waals surface area (Å²) >= 11 is 0. The van der Waals surface area contributed by atoms with E-state index in [1.54, 1.807) is 6.08 Å². The molecule has 1 aliphatic carbocycles. The van der Waals surface area contributed by atoms with Gasteiger partial charge >= 0.3 is 0 Å². The number of rotatable bonds is 7. The molecular formula is C13H20O2. The highest BCUT2D eigenvalue weighted by Crippen LogP contribution is 2.17. The molecule has 0 bridgehead atoms. The Labute approximate surface area is 91.7 Å². The van der Waals surface area contributed by atoms with Crippen LogP contribution >= 0.6 is 0 Å². The van der Waals surface area contributed by atoms with Crippen LogP contribution in [0.15, 0.2) is 11.6 Å². The number of hydrogen-bond acceptors (Lipinski definition) is 2. The summed E-state index contributed by atoms with van der Waals surface area (Å²) in [4.78, 5) is 22.9. The average Bonchev–Trinajstić information content (AvgIpc) is 2.64. The van der Waals surface area contributed by atoms with Crippen LogP contribution in [0.3, 0.4) is 0 Å². The highest BCUT2D eigenvalue weighted by atomic mass is 16.1. The van der Waals surface area contributed by atoms with Gasteiger partial charge in [0.2, 0.25) is 0 Å². The summed E-state index contributed by atoms with van der Waals surface area (Å²) in [6.45, 7) is 2.17. The molecule has 0 aromatic rings. The van der Waals surface area contributed by atoms with Gasteiger partial charge in [-0.15, -0.1) is 0 Å². The van der Waals surface area contributed by atoms with Gasteiger partial charge in [0.25, 0.3) is 0 Å². The molecule has 0 N–H and O–H groups in total. The molecule has 1 aliphatic rings. The molecule has 0 heterocycles. The van der Waals surface area contributed by atoms with Gasteiger partial charge in [-0.05, 0) is 12.8 Å². The minimum Gasteiger partial charge on any atom is -0.294 e. The van der Waals surface area contributed by atoms with E-state index in [0.29, 0.717) is 18.4 Å². The first kappa shape index (κ1) is 12.2. The summed E-state index contributed by atoms with van der Waals surface area (Å²) in [5.74, 6) is 0.113. The van der Waals surface area contributed by atoms with Crippen LogP contribution in [0.5, 0.6) is 0 Å². The van der Waals surface area contributed by atoms with E-state index in [0.717, 1.165) is 19.3 Å². The highest BCUT2D eigenvalue weighted by molar-refractivity contribution is 6.21. The summed E-state index contributed by atoms with van der Waals surface area (Å²) in [5, 5.41) is 0. The van der Waals surface area contributed by atoms with Crippen LogP contribution in [0.2, 0.25) is 0 Å². The van der Waals surface area contributed by atoms with E-state index in [4.69, 9.17) is 0 Å². The van der Waals surface area contributed by atoms with Gasteiger partial charge < -0.3 is 0 Å². The second kappa shape index (κ2) is 6.54. The minimum absolute atomic E-state index is 0.0496. The minimum atomic E-state index is 0.0496. The van der Waals surface area contributed by atoms with E-state index in [1.165, 1.54) is 19.3 Å². The van der Waals surface area contributed by atoms with Crippen molar-refractivity contribution < 1.29 is 9.59 Å². The van der Waals surface area contributed by atoms with Gasteiger partial charge in [-0.1, -0.05) is 38.7 Å².